The molecule has 0 N–H and O–H groups in total. The third kappa shape index (κ3) is 4.94. The first-order valence-corrected chi connectivity index (χ1v) is 11.2. The van der Waals surface area contributed by atoms with E-state index in [2.05, 4.69) is 15.8 Å². The molecule has 3 aromatic rings. The minimum atomic E-state index is -0.262. The van der Waals surface area contributed by atoms with Gasteiger partial charge in [-0.2, -0.15) is 16.8 Å². The Morgan fingerprint density at radius 1 is 1.26 bits per heavy atom. The number of hydrogen-bond acceptors (Lipinski definition) is 4. The predicted octanol–water partition coefficient (Wildman–Crippen LogP) is 5.25. The van der Waals surface area contributed by atoms with E-state index in [1.54, 1.807) is 36.0 Å². The van der Waals surface area contributed by atoms with E-state index in [9.17, 15) is 4.79 Å². The number of halogens is 1. The number of ether oxygens (including phenoxy) is 1. The van der Waals surface area contributed by atoms with Gasteiger partial charge in [0.1, 0.15) is 5.75 Å². The second kappa shape index (κ2) is 8.95. The first kappa shape index (κ1) is 20.0. The molecule has 0 aliphatic carbocycles. The third-order valence-corrected chi connectivity index (χ3v) is 5.70. The van der Waals surface area contributed by atoms with Gasteiger partial charge in [0.2, 0.25) is 0 Å². The summed E-state index contributed by atoms with van der Waals surface area (Å²) >= 11 is 9.36. The minimum absolute atomic E-state index is 0.0944. The van der Waals surface area contributed by atoms with Gasteiger partial charge in [0, 0.05) is 22.9 Å². The molecule has 0 saturated heterocycles. The Kier molecular flexibility index (Phi) is 6.63. The third-order valence-electron chi connectivity index (χ3n) is 3.83. The molecular formula is C20H21ClN2O2S2. The van der Waals surface area contributed by atoms with E-state index in [0.29, 0.717) is 15.4 Å². The number of benzene rings is 2. The Balaban J connectivity index is 1.97. The van der Waals surface area contributed by atoms with Crippen LogP contribution in [0, 0.1) is 0 Å². The van der Waals surface area contributed by atoms with Gasteiger partial charge in [0.05, 0.1) is 16.3 Å². The van der Waals surface area contributed by atoms with E-state index < -0.39 is 0 Å². The molecule has 2 aromatic carbocycles. The number of carbonyl (C=O) groups excluding carboxylic acids is 1. The Morgan fingerprint density at radius 3 is 2.67 bits per heavy atom. The lowest BCUT2D eigenvalue weighted by molar-refractivity contribution is 0.0998. The van der Waals surface area contributed by atoms with Crippen molar-refractivity contribution in [2.24, 2.45) is 4.99 Å². The molecule has 1 amide bonds. The van der Waals surface area contributed by atoms with Gasteiger partial charge in [0.15, 0.2) is 4.80 Å². The molecule has 0 radical (unpaired) electrons. The van der Waals surface area contributed by atoms with Crippen LogP contribution in [0.15, 0.2) is 47.5 Å². The number of nitrogens with zero attached hydrogens (tertiary/aromatic N) is 2. The van der Waals surface area contributed by atoms with E-state index in [4.69, 9.17) is 16.3 Å². The molecule has 0 fully saturated rings. The van der Waals surface area contributed by atoms with Gasteiger partial charge in [-0.3, -0.25) is 4.79 Å². The standard InChI is InChI=1S/C20H21ClN2O2S2/c1-13(2)25-16-7-4-14(5-8-16)19(24)22-20-23(10-11-26-3)17-9-6-15(21)12-18(17)27-20/h4-9,12-13H,10-11H2,1-3H3. The zero-order valence-electron chi connectivity index (χ0n) is 15.4. The van der Waals surface area contributed by atoms with Crippen LogP contribution in [-0.2, 0) is 6.54 Å². The van der Waals surface area contributed by atoms with Crippen molar-refractivity contribution in [1.29, 1.82) is 0 Å². The Bertz CT molecular complexity index is 1010. The number of hydrogen-bond donors (Lipinski definition) is 0. The quantitative estimate of drug-likeness (QED) is 0.547. The lowest BCUT2D eigenvalue weighted by Crippen LogP contribution is -2.18. The highest BCUT2D eigenvalue weighted by Crippen LogP contribution is 2.22. The van der Waals surface area contributed by atoms with Crippen LogP contribution in [0.3, 0.4) is 0 Å². The molecule has 0 spiro atoms. The Labute approximate surface area is 171 Å². The molecule has 1 heterocycles. The fraction of sp³-hybridized carbons (Fsp3) is 0.300. The second-order valence-electron chi connectivity index (χ2n) is 6.25. The zero-order chi connectivity index (χ0) is 19.4. The molecule has 0 atom stereocenters. The largest absolute Gasteiger partial charge is 0.491 e. The Morgan fingerprint density at radius 2 is 2.00 bits per heavy atom. The average Bonchev–Trinajstić information content (AvgIpc) is 2.96. The molecule has 0 bridgehead atoms. The SMILES string of the molecule is CSCCn1c(=NC(=O)c2ccc(OC(C)C)cc2)sc2cc(Cl)ccc21. The van der Waals surface area contributed by atoms with Gasteiger partial charge in [-0.05, 0) is 62.6 Å². The van der Waals surface area contributed by atoms with Crippen LogP contribution in [0.2, 0.25) is 5.02 Å². The highest BCUT2D eigenvalue weighted by atomic mass is 35.5. The van der Waals surface area contributed by atoms with Crippen molar-refractivity contribution in [2.45, 2.75) is 26.5 Å². The number of rotatable bonds is 6. The summed E-state index contributed by atoms with van der Waals surface area (Å²) in [6, 6.07) is 12.9. The van der Waals surface area contributed by atoms with E-state index in [1.165, 1.54) is 11.3 Å². The van der Waals surface area contributed by atoms with Crippen LogP contribution in [0.5, 0.6) is 5.75 Å². The monoisotopic (exact) mass is 420 g/mol. The molecule has 3 rings (SSSR count). The average molecular weight is 421 g/mol. The number of fused-ring (bicyclic) bond motifs is 1. The molecule has 0 saturated carbocycles. The molecule has 0 aliphatic heterocycles. The number of thioether (sulfide) groups is 1. The number of carbonyl (C=O) groups is 1. The molecule has 1 aromatic heterocycles. The van der Waals surface area contributed by atoms with Crippen molar-refractivity contribution in [3.63, 3.8) is 0 Å². The summed E-state index contributed by atoms with van der Waals surface area (Å²) in [4.78, 5) is 17.7. The molecule has 4 nitrogen and oxygen atoms in total. The number of aryl methyl sites for hydroxylation is 1. The fourth-order valence-electron chi connectivity index (χ4n) is 2.63. The Hall–Kier alpha value is -1.76. The minimum Gasteiger partial charge on any atom is -0.491 e. The highest BCUT2D eigenvalue weighted by molar-refractivity contribution is 7.98. The fourth-order valence-corrected chi connectivity index (χ4v) is 4.33. The molecule has 27 heavy (non-hydrogen) atoms. The maximum atomic E-state index is 12.7. The van der Waals surface area contributed by atoms with Gasteiger partial charge in [0.25, 0.3) is 5.91 Å². The summed E-state index contributed by atoms with van der Waals surface area (Å²) < 4.78 is 8.73. The van der Waals surface area contributed by atoms with Gasteiger partial charge < -0.3 is 9.30 Å². The van der Waals surface area contributed by atoms with Crippen molar-refractivity contribution < 1.29 is 9.53 Å². The summed E-state index contributed by atoms with van der Waals surface area (Å²) in [6.07, 6.45) is 2.16. The topological polar surface area (TPSA) is 43.6 Å². The van der Waals surface area contributed by atoms with Crippen LogP contribution in [0.1, 0.15) is 24.2 Å². The van der Waals surface area contributed by atoms with E-state index in [1.807, 2.05) is 32.0 Å². The summed E-state index contributed by atoms with van der Waals surface area (Å²) in [5.41, 5.74) is 1.59. The van der Waals surface area contributed by atoms with Gasteiger partial charge in [-0.1, -0.05) is 22.9 Å². The smallest absolute Gasteiger partial charge is 0.279 e. The summed E-state index contributed by atoms with van der Waals surface area (Å²) in [7, 11) is 0. The van der Waals surface area contributed by atoms with Crippen molar-refractivity contribution in [1.82, 2.24) is 4.57 Å². The van der Waals surface area contributed by atoms with E-state index >= 15 is 0 Å². The predicted molar refractivity (Wildman–Crippen MR) is 115 cm³/mol. The first-order chi connectivity index (χ1) is 13.0. The van der Waals surface area contributed by atoms with Gasteiger partial charge in [-0.25, -0.2) is 0 Å². The van der Waals surface area contributed by atoms with Gasteiger partial charge >= 0.3 is 0 Å². The molecule has 142 valence electrons. The lowest BCUT2D eigenvalue weighted by atomic mass is 10.2. The van der Waals surface area contributed by atoms with Crippen molar-refractivity contribution >= 4 is 50.8 Å². The molecular weight excluding hydrogens is 400 g/mol. The maximum absolute atomic E-state index is 12.7. The summed E-state index contributed by atoms with van der Waals surface area (Å²) in [6.45, 7) is 4.72. The second-order valence-corrected chi connectivity index (χ2v) is 8.68. The van der Waals surface area contributed by atoms with E-state index in [0.717, 1.165) is 28.3 Å². The van der Waals surface area contributed by atoms with Crippen molar-refractivity contribution in [3.8, 4) is 5.75 Å². The number of amides is 1. The number of aromatic nitrogens is 1. The first-order valence-electron chi connectivity index (χ1n) is 8.61. The highest BCUT2D eigenvalue weighted by Gasteiger charge is 2.10. The van der Waals surface area contributed by atoms with Crippen LogP contribution in [-0.4, -0.2) is 28.6 Å². The summed E-state index contributed by atoms with van der Waals surface area (Å²) in [5.74, 6) is 1.42. The van der Waals surface area contributed by atoms with E-state index in [-0.39, 0.29) is 12.0 Å². The van der Waals surface area contributed by atoms with Crippen LogP contribution in [0.4, 0.5) is 0 Å². The molecule has 0 aliphatic rings. The zero-order valence-corrected chi connectivity index (χ0v) is 17.8. The summed E-state index contributed by atoms with van der Waals surface area (Å²) in [5, 5.41) is 0.680. The molecule has 0 unspecified atom stereocenters. The number of thiazole rings is 1. The molecule has 7 heteroatoms. The van der Waals surface area contributed by atoms with Gasteiger partial charge in [-0.15, -0.1) is 0 Å². The van der Waals surface area contributed by atoms with Crippen molar-refractivity contribution in [2.75, 3.05) is 12.0 Å². The lowest BCUT2D eigenvalue weighted by Gasteiger charge is -2.09. The van der Waals surface area contributed by atoms with Crippen molar-refractivity contribution in [3.05, 3.63) is 57.9 Å². The van der Waals surface area contributed by atoms with Crippen LogP contribution >= 0.6 is 34.7 Å². The maximum Gasteiger partial charge on any atom is 0.279 e. The normalized spacial score (nSPS) is 12.1. The van der Waals surface area contributed by atoms with Crippen LogP contribution in [0.25, 0.3) is 10.2 Å². The van der Waals surface area contributed by atoms with Crippen LogP contribution < -0.4 is 9.54 Å².